The molecule has 1 aromatic carbocycles. The molecule has 0 bridgehead atoms. The first kappa shape index (κ1) is 19.8. The van der Waals surface area contributed by atoms with E-state index in [-0.39, 0.29) is 12.3 Å². The number of pyridine rings is 1. The predicted octanol–water partition coefficient (Wildman–Crippen LogP) is 3.66. The predicted molar refractivity (Wildman–Crippen MR) is 115 cm³/mol. The topological polar surface area (TPSA) is 97.1 Å². The maximum absolute atomic E-state index is 12.3. The van der Waals surface area contributed by atoms with E-state index in [1.165, 1.54) is 0 Å². The lowest BCUT2D eigenvalue weighted by Gasteiger charge is -2.08. The lowest BCUT2D eigenvalue weighted by Crippen LogP contribution is -2.15. The van der Waals surface area contributed by atoms with Crippen molar-refractivity contribution in [3.05, 3.63) is 76.7 Å². The molecular formula is C21H20ClN7O. The number of aromatic nitrogens is 5. The van der Waals surface area contributed by atoms with Crippen molar-refractivity contribution in [1.82, 2.24) is 24.8 Å². The highest BCUT2D eigenvalue weighted by atomic mass is 35.5. The highest BCUT2D eigenvalue weighted by Crippen LogP contribution is 2.17. The summed E-state index contributed by atoms with van der Waals surface area (Å²) in [4.78, 5) is 16.5. The van der Waals surface area contributed by atoms with Gasteiger partial charge in [0.1, 0.15) is 11.6 Å². The number of halogens is 1. The summed E-state index contributed by atoms with van der Waals surface area (Å²) in [6, 6.07) is 15.0. The van der Waals surface area contributed by atoms with E-state index in [1.807, 2.05) is 55.5 Å². The highest BCUT2D eigenvalue weighted by Gasteiger charge is 2.12. The Morgan fingerprint density at radius 1 is 1.10 bits per heavy atom. The minimum absolute atomic E-state index is 0.137. The first-order valence-electron chi connectivity index (χ1n) is 9.50. The molecule has 1 amide bonds. The molecule has 4 aromatic rings. The van der Waals surface area contributed by atoms with E-state index < -0.39 is 0 Å². The third-order valence-corrected chi connectivity index (χ3v) is 4.96. The zero-order chi connectivity index (χ0) is 20.9. The van der Waals surface area contributed by atoms with Crippen molar-refractivity contribution in [3.8, 4) is 0 Å². The van der Waals surface area contributed by atoms with Crippen molar-refractivity contribution < 1.29 is 4.79 Å². The first-order valence-corrected chi connectivity index (χ1v) is 9.88. The van der Waals surface area contributed by atoms with E-state index in [9.17, 15) is 4.79 Å². The first-order chi connectivity index (χ1) is 14.6. The number of aryl methyl sites for hydroxylation is 2. The number of nitrogens with one attached hydrogen (secondary N) is 2. The lowest BCUT2D eigenvalue weighted by molar-refractivity contribution is -0.116. The van der Waals surface area contributed by atoms with E-state index in [1.54, 1.807) is 10.7 Å². The number of carbonyl (C=O) groups is 1. The van der Waals surface area contributed by atoms with Gasteiger partial charge >= 0.3 is 0 Å². The van der Waals surface area contributed by atoms with Gasteiger partial charge in [-0.05, 0) is 42.3 Å². The SMILES string of the molecule is Cc1cccnc1NC(=O)CCc1nnc2ccc(NCc3ccccc3Cl)nn12. The van der Waals surface area contributed by atoms with Crippen molar-refractivity contribution in [1.29, 1.82) is 0 Å². The van der Waals surface area contributed by atoms with Crippen LogP contribution in [0.15, 0.2) is 54.7 Å². The Morgan fingerprint density at radius 2 is 1.97 bits per heavy atom. The number of hydrogen-bond acceptors (Lipinski definition) is 6. The van der Waals surface area contributed by atoms with Crippen LogP contribution in [0.1, 0.15) is 23.4 Å². The normalized spacial score (nSPS) is 10.9. The summed E-state index contributed by atoms with van der Waals surface area (Å²) in [6.07, 6.45) is 2.30. The second kappa shape index (κ2) is 8.87. The summed E-state index contributed by atoms with van der Waals surface area (Å²) in [5.74, 6) is 1.70. The summed E-state index contributed by atoms with van der Waals surface area (Å²) in [5.41, 5.74) is 2.51. The van der Waals surface area contributed by atoms with Crippen molar-refractivity contribution >= 4 is 34.8 Å². The van der Waals surface area contributed by atoms with Crippen molar-refractivity contribution in [2.24, 2.45) is 0 Å². The number of hydrogen-bond donors (Lipinski definition) is 2. The maximum Gasteiger partial charge on any atom is 0.225 e. The van der Waals surface area contributed by atoms with Gasteiger partial charge in [0.05, 0.1) is 0 Å². The molecule has 0 radical (unpaired) electrons. The summed E-state index contributed by atoms with van der Waals surface area (Å²) in [5, 5.41) is 19.6. The van der Waals surface area contributed by atoms with Crippen LogP contribution in [0.3, 0.4) is 0 Å². The van der Waals surface area contributed by atoms with Crippen molar-refractivity contribution in [2.75, 3.05) is 10.6 Å². The minimum atomic E-state index is -0.137. The molecule has 0 fully saturated rings. The zero-order valence-corrected chi connectivity index (χ0v) is 17.1. The molecule has 8 nitrogen and oxygen atoms in total. The van der Waals surface area contributed by atoms with E-state index >= 15 is 0 Å². The minimum Gasteiger partial charge on any atom is -0.364 e. The molecule has 2 N–H and O–H groups in total. The second-order valence-electron chi connectivity index (χ2n) is 6.77. The number of benzene rings is 1. The quantitative estimate of drug-likeness (QED) is 0.472. The second-order valence-corrected chi connectivity index (χ2v) is 7.17. The van der Waals surface area contributed by atoms with E-state index in [2.05, 4.69) is 30.9 Å². The Hall–Kier alpha value is -3.52. The van der Waals surface area contributed by atoms with Crippen LogP contribution < -0.4 is 10.6 Å². The van der Waals surface area contributed by atoms with Gasteiger partial charge in [0.15, 0.2) is 11.5 Å². The van der Waals surface area contributed by atoms with E-state index in [0.717, 1.165) is 11.1 Å². The molecule has 30 heavy (non-hydrogen) atoms. The van der Waals surface area contributed by atoms with Gasteiger partial charge in [-0.3, -0.25) is 4.79 Å². The van der Waals surface area contributed by atoms with Gasteiger partial charge in [-0.25, -0.2) is 4.98 Å². The third kappa shape index (κ3) is 4.55. The standard InChI is InChI=1S/C21H20ClN7O/c1-14-5-4-12-23-21(14)25-20(30)11-10-19-27-26-18-9-8-17(28-29(18)19)24-13-15-6-2-3-7-16(15)22/h2-9,12H,10-11,13H2,1H3,(H,24,28)(H,23,25,30). The van der Waals surface area contributed by atoms with Crippen molar-refractivity contribution in [2.45, 2.75) is 26.3 Å². The fraction of sp³-hybridized carbons (Fsp3) is 0.190. The van der Waals surface area contributed by atoms with Gasteiger partial charge in [0.25, 0.3) is 0 Å². The van der Waals surface area contributed by atoms with Crippen LogP contribution in [0.4, 0.5) is 11.6 Å². The number of anilines is 2. The van der Waals surface area contributed by atoms with Crippen LogP contribution in [0.25, 0.3) is 5.65 Å². The van der Waals surface area contributed by atoms with Crippen LogP contribution in [0.5, 0.6) is 0 Å². The molecule has 0 saturated carbocycles. The van der Waals surface area contributed by atoms with Crippen LogP contribution >= 0.6 is 11.6 Å². The molecule has 0 spiro atoms. The van der Waals surface area contributed by atoms with E-state index in [0.29, 0.717) is 41.1 Å². The van der Waals surface area contributed by atoms with Crippen LogP contribution in [0.2, 0.25) is 5.02 Å². The molecule has 4 rings (SSSR count). The molecule has 0 saturated heterocycles. The fourth-order valence-electron chi connectivity index (χ4n) is 2.95. The van der Waals surface area contributed by atoms with Crippen LogP contribution in [-0.2, 0) is 17.8 Å². The Balaban J connectivity index is 1.42. The van der Waals surface area contributed by atoms with Gasteiger partial charge < -0.3 is 10.6 Å². The monoisotopic (exact) mass is 421 g/mol. The zero-order valence-electron chi connectivity index (χ0n) is 16.3. The van der Waals surface area contributed by atoms with Gasteiger partial charge in [-0.2, -0.15) is 4.52 Å². The Morgan fingerprint density at radius 3 is 2.80 bits per heavy atom. The van der Waals surface area contributed by atoms with Gasteiger partial charge in [0.2, 0.25) is 5.91 Å². The molecule has 0 aliphatic rings. The average Bonchev–Trinajstić information content (AvgIpc) is 3.16. The molecule has 3 heterocycles. The Bertz CT molecular complexity index is 1190. The molecule has 9 heteroatoms. The number of fused-ring (bicyclic) bond motifs is 1. The number of rotatable bonds is 7. The maximum atomic E-state index is 12.3. The summed E-state index contributed by atoms with van der Waals surface area (Å²) >= 11 is 6.20. The smallest absolute Gasteiger partial charge is 0.225 e. The molecule has 3 aromatic heterocycles. The van der Waals surface area contributed by atoms with Gasteiger partial charge in [0, 0.05) is 30.6 Å². The highest BCUT2D eigenvalue weighted by molar-refractivity contribution is 6.31. The Labute approximate surface area is 178 Å². The van der Waals surface area contributed by atoms with Crippen LogP contribution in [0, 0.1) is 6.92 Å². The molecule has 0 aliphatic heterocycles. The van der Waals surface area contributed by atoms with Crippen molar-refractivity contribution in [3.63, 3.8) is 0 Å². The molecule has 0 unspecified atom stereocenters. The van der Waals surface area contributed by atoms with Gasteiger partial charge in [-0.15, -0.1) is 15.3 Å². The molecular weight excluding hydrogens is 402 g/mol. The van der Waals surface area contributed by atoms with Gasteiger partial charge in [-0.1, -0.05) is 35.9 Å². The lowest BCUT2D eigenvalue weighted by atomic mass is 10.2. The fourth-order valence-corrected chi connectivity index (χ4v) is 3.15. The number of carbonyl (C=O) groups excluding carboxylic acids is 1. The Kier molecular flexibility index (Phi) is 5.85. The largest absolute Gasteiger partial charge is 0.364 e. The number of amides is 1. The molecule has 0 aliphatic carbocycles. The van der Waals surface area contributed by atoms with Crippen LogP contribution in [-0.4, -0.2) is 30.7 Å². The number of nitrogens with zero attached hydrogens (tertiary/aromatic N) is 5. The summed E-state index contributed by atoms with van der Waals surface area (Å²) in [6.45, 7) is 2.44. The summed E-state index contributed by atoms with van der Waals surface area (Å²) < 4.78 is 1.65. The third-order valence-electron chi connectivity index (χ3n) is 4.59. The molecule has 0 atom stereocenters. The van der Waals surface area contributed by atoms with E-state index in [4.69, 9.17) is 11.6 Å². The summed E-state index contributed by atoms with van der Waals surface area (Å²) in [7, 11) is 0. The average molecular weight is 422 g/mol. The molecule has 152 valence electrons.